The molecule has 1 aliphatic heterocycles. The van der Waals surface area contributed by atoms with E-state index in [9.17, 15) is 18.4 Å². The van der Waals surface area contributed by atoms with Crippen molar-refractivity contribution in [2.45, 2.75) is 37.1 Å². The minimum Gasteiger partial charge on any atom is -0.289 e. The first-order valence-corrected chi connectivity index (χ1v) is 11.2. The van der Waals surface area contributed by atoms with Gasteiger partial charge in [0.25, 0.3) is 5.91 Å². The number of nitrogens with one attached hydrogen (secondary N) is 1. The number of carbonyl (C=O) groups excluding carboxylic acids is 1. The van der Waals surface area contributed by atoms with Crippen LogP contribution >= 0.6 is 22.9 Å². The van der Waals surface area contributed by atoms with Crippen molar-refractivity contribution < 1.29 is 18.4 Å². The van der Waals surface area contributed by atoms with Gasteiger partial charge in [-0.15, -0.1) is 11.3 Å². The topological polar surface area (TPSA) is 86.7 Å². The molecule has 0 saturated carbocycles. The highest BCUT2D eigenvalue weighted by Gasteiger charge is 2.45. The molecule has 146 valence electrons. The highest BCUT2D eigenvalue weighted by molar-refractivity contribution is 7.89. The molecular formula is C18H21ClN2O4S2. The second kappa shape index (κ2) is 7.89. The van der Waals surface area contributed by atoms with Crippen LogP contribution in [0.3, 0.4) is 0 Å². The van der Waals surface area contributed by atoms with Gasteiger partial charge in [-0.3, -0.25) is 10.0 Å². The van der Waals surface area contributed by atoms with E-state index in [1.807, 2.05) is 25.3 Å². The molecule has 1 aliphatic rings. The Kier molecular flexibility index (Phi) is 5.93. The second-order valence-corrected chi connectivity index (χ2v) is 10.1. The molecule has 2 atom stereocenters. The molecule has 27 heavy (non-hydrogen) atoms. The third-order valence-electron chi connectivity index (χ3n) is 4.87. The average Bonchev–Trinajstić information content (AvgIpc) is 3.01. The molecule has 1 amide bonds. The maximum Gasteiger partial charge on any atom is 0.262 e. The minimum absolute atomic E-state index is 0.0123. The van der Waals surface area contributed by atoms with Crippen molar-refractivity contribution in [1.29, 1.82) is 0 Å². The number of sulfonamides is 1. The lowest BCUT2D eigenvalue weighted by Crippen LogP contribution is -2.52. The van der Waals surface area contributed by atoms with Gasteiger partial charge in [0.2, 0.25) is 10.0 Å². The van der Waals surface area contributed by atoms with Crippen LogP contribution in [0, 0.1) is 5.92 Å². The Bertz CT molecular complexity index is 925. The summed E-state index contributed by atoms with van der Waals surface area (Å²) in [4.78, 5) is 13.8. The van der Waals surface area contributed by atoms with Gasteiger partial charge in [-0.2, -0.15) is 4.31 Å². The minimum atomic E-state index is -3.96. The number of thiophene rings is 1. The van der Waals surface area contributed by atoms with Gasteiger partial charge in [0, 0.05) is 22.4 Å². The summed E-state index contributed by atoms with van der Waals surface area (Å²) in [5.74, 6) is -1.12. The molecule has 0 fully saturated rings. The SMILES string of the molecule is CC(C)[C@H]1c2ccsc2CCN(S(=O)(=O)c2ccc(Cl)cc2)[C@@H]1C(=O)NO. The van der Waals surface area contributed by atoms with Crippen LogP contribution in [-0.4, -0.2) is 36.4 Å². The first kappa shape index (κ1) is 20.3. The molecule has 0 radical (unpaired) electrons. The number of amides is 1. The van der Waals surface area contributed by atoms with Gasteiger partial charge < -0.3 is 0 Å². The molecule has 3 rings (SSSR count). The van der Waals surface area contributed by atoms with Gasteiger partial charge in [0.1, 0.15) is 6.04 Å². The van der Waals surface area contributed by atoms with Crippen LogP contribution in [0.15, 0.2) is 40.6 Å². The zero-order chi connectivity index (χ0) is 19.8. The summed E-state index contributed by atoms with van der Waals surface area (Å²) < 4.78 is 27.9. The molecule has 1 aromatic carbocycles. The highest BCUT2D eigenvalue weighted by Crippen LogP contribution is 2.40. The molecule has 1 aromatic heterocycles. The summed E-state index contributed by atoms with van der Waals surface area (Å²) in [6.07, 6.45) is 0.512. The molecular weight excluding hydrogens is 408 g/mol. The summed E-state index contributed by atoms with van der Waals surface area (Å²) in [6, 6.07) is 6.76. The van der Waals surface area contributed by atoms with Crippen LogP contribution in [0.1, 0.15) is 30.2 Å². The predicted octanol–water partition coefficient (Wildman–Crippen LogP) is 3.26. The molecule has 6 nitrogen and oxygen atoms in total. The molecule has 0 spiro atoms. The van der Waals surface area contributed by atoms with E-state index in [4.69, 9.17) is 11.6 Å². The van der Waals surface area contributed by atoms with E-state index >= 15 is 0 Å². The summed E-state index contributed by atoms with van der Waals surface area (Å²) >= 11 is 7.44. The number of halogens is 1. The third-order valence-corrected chi connectivity index (χ3v) is 8.01. The number of hydrogen-bond acceptors (Lipinski definition) is 5. The Hall–Kier alpha value is -1.45. The van der Waals surface area contributed by atoms with Crippen LogP contribution in [-0.2, 0) is 21.2 Å². The lowest BCUT2D eigenvalue weighted by Gasteiger charge is -2.34. The van der Waals surface area contributed by atoms with Gasteiger partial charge in [-0.25, -0.2) is 13.9 Å². The Balaban J connectivity index is 2.14. The summed E-state index contributed by atoms with van der Waals surface area (Å²) in [5.41, 5.74) is 2.64. The fourth-order valence-corrected chi connectivity index (χ4v) is 6.31. The number of hydroxylamine groups is 1. The van der Waals surface area contributed by atoms with Gasteiger partial charge in [-0.05, 0) is 53.6 Å². The van der Waals surface area contributed by atoms with Crippen molar-refractivity contribution in [2.75, 3.05) is 6.54 Å². The largest absolute Gasteiger partial charge is 0.289 e. The van der Waals surface area contributed by atoms with Crippen LogP contribution in [0.5, 0.6) is 0 Å². The lowest BCUT2D eigenvalue weighted by atomic mass is 9.82. The zero-order valence-electron chi connectivity index (χ0n) is 14.9. The summed E-state index contributed by atoms with van der Waals surface area (Å²) in [6.45, 7) is 4.05. The first-order chi connectivity index (χ1) is 12.8. The van der Waals surface area contributed by atoms with Crippen molar-refractivity contribution in [3.05, 3.63) is 51.2 Å². The summed E-state index contributed by atoms with van der Waals surface area (Å²) in [5, 5.41) is 11.7. The van der Waals surface area contributed by atoms with Crippen molar-refractivity contribution in [3.63, 3.8) is 0 Å². The fourth-order valence-electron chi connectivity index (χ4n) is 3.65. The molecule has 2 N–H and O–H groups in total. The number of rotatable bonds is 4. The molecule has 9 heteroatoms. The van der Waals surface area contributed by atoms with E-state index in [2.05, 4.69) is 0 Å². The van der Waals surface area contributed by atoms with Crippen molar-refractivity contribution in [2.24, 2.45) is 5.92 Å². The molecule has 0 bridgehead atoms. The molecule has 0 aliphatic carbocycles. The highest BCUT2D eigenvalue weighted by atomic mass is 35.5. The Morgan fingerprint density at radius 2 is 1.96 bits per heavy atom. The van der Waals surface area contributed by atoms with Crippen LogP contribution in [0.25, 0.3) is 0 Å². The average molecular weight is 429 g/mol. The number of nitrogens with zero attached hydrogens (tertiary/aromatic N) is 1. The second-order valence-electron chi connectivity index (χ2n) is 6.81. The van der Waals surface area contributed by atoms with Crippen molar-refractivity contribution >= 4 is 38.9 Å². The normalized spacial score (nSPS) is 20.9. The van der Waals surface area contributed by atoms with E-state index in [0.29, 0.717) is 11.4 Å². The Labute approximate surface area is 167 Å². The van der Waals surface area contributed by atoms with Crippen molar-refractivity contribution in [1.82, 2.24) is 9.79 Å². The molecule has 0 unspecified atom stereocenters. The van der Waals surface area contributed by atoms with Crippen LogP contribution in [0.4, 0.5) is 0 Å². The van der Waals surface area contributed by atoms with E-state index < -0.39 is 22.0 Å². The smallest absolute Gasteiger partial charge is 0.262 e. The Morgan fingerprint density at radius 1 is 1.30 bits per heavy atom. The van der Waals surface area contributed by atoms with Gasteiger partial charge in [-0.1, -0.05) is 25.4 Å². The van der Waals surface area contributed by atoms with Gasteiger partial charge in [0.15, 0.2) is 0 Å². The zero-order valence-corrected chi connectivity index (χ0v) is 17.3. The van der Waals surface area contributed by atoms with E-state index in [-0.39, 0.29) is 23.3 Å². The predicted molar refractivity (Wildman–Crippen MR) is 105 cm³/mol. The standard InChI is InChI=1S/C18H21ClN2O4S2/c1-11(2)16-14-8-10-26-15(14)7-9-21(17(16)18(22)20-23)27(24,25)13-5-3-12(19)4-6-13/h3-6,8,10-11,16-17,23H,7,9H2,1-2H3,(H,20,22)/t16-,17-/m0/s1. The maximum absolute atomic E-state index is 13.3. The lowest BCUT2D eigenvalue weighted by molar-refractivity contribution is -0.134. The number of hydrogen-bond donors (Lipinski definition) is 2. The number of carbonyl (C=O) groups is 1. The first-order valence-electron chi connectivity index (χ1n) is 8.55. The molecule has 2 heterocycles. The number of benzene rings is 1. The van der Waals surface area contributed by atoms with Gasteiger partial charge in [0.05, 0.1) is 4.90 Å². The third kappa shape index (κ3) is 3.77. The van der Waals surface area contributed by atoms with E-state index in [1.165, 1.54) is 28.6 Å². The van der Waals surface area contributed by atoms with Crippen molar-refractivity contribution in [3.8, 4) is 0 Å². The summed E-state index contributed by atoms with van der Waals surface area (Å²) in [7, 11) is -3.96. The molecule has 0 saturated heterocycles. The molecule has 2 aromatic rings. The Morgan fingerprint density at radius 3 is 2.56 bits per heavy atom. The quantitative estimate of drug-likeness (QED) is 0.578. The van der Waals surface area contributed by atoms with E-state index in [0.717, 1.165) is 10.4 Å². The van der Waals surface area contributed by atoms with E-state index in [1.54, 1.807) is 16.8 Å². The van der Waals surface area contributed by atoms with Gasteiger partial charge >= 0.3 is 0 Å². The van der Waals surface area contributed by atoms with Crippen LogP contribution < -0.4 is 5.48 Å². The van der Waals surface area contributed by atoms with Crippen LogP contribution in [0.2, 0.25) is 5.02 Å². The fraction of sp³-hybridized carbons (Fsp3) is 0.389. The maximum atomic E-state index is 13.3. The monoisotopic (exact) mass is 428 g/mol. The number of fused-ring (bicyclic) bond motifs is 1.